The molecule has 0 heterocycles. The first-order valence-corrected chi connectivity index (χ1v) is 7.70. The zero-order valence-electron chi connectivity index (χ0n) is 12.8. The van der Waals surface area contributed by atoms with Gasteiger partial charge in [0.15, 0.2) is 0 Å². The highest BCUT2D eigenvalue weighted by Gasteiger charge is 2.50. The highest BCUT2D eigenvalue weighted by Crippen LogP contribution is 2.45. The molecule has 1 aliphatic carbocycles. The van der Waals surface area contributed by atoms with Gasteiger partial charge in [-0.2, -0.15) is 0 Å². The van der Waals surface area contributed by atoms with Crippen LogP contribution in [0, 0.1) is 11.2 Å². The minimum Gasteiger partial charge on any atom is -0.378 e. The summed E-state index contributed by atoms with van der Waals surface area (Å²) in [5, 5.41) is 3.58. The third-order valence-electron chi connectivity index (χ3n) is 4.85. The first-order chi connectivity index (χ1) is 9.61. The molecule has 0 aliphatic heterocycles. The molecule has 0 radical (unpaired) electrons. The third-order valence-corrected chi connectivity index (χ3v) is 4.85. The Bertz CT molecular complexity index is 437. The summed E-state index contributed by atoms with van der Waals surface area (Å²) in [6.07, 6.45) is 3.27. The lowest BCUT2D eigenvalue weighted by Crippen LogP contribution is -2.62. The number of hydrogen-bond acceptors (Lipinski definition) is 2. The predicted molar refractivity (Wildman–Crippen MR) is 80.3 cm³/mol. The van der Waals surface area contributed by atoms with E-state index in [0.717, 1.165) is 38.0 Å². The molecule has 2 rings (SSSR count). The van der Waals surface area contributed by atoms with Crippen LogP contribution in [-0.2, 0) is 11.2 Å². The maximum atomic E-state index is 13.5. The summed E-state index contributed by atoms with van der Waals surface area (Å²) < 4.78 is 19.3. The SMILES string of the molecule is CCOC1CC(NCCc2ccccc2F)C1(C)CC. The van der Waals surface area contributed by atoms with Crippen LogP contribution in [0.5, 0.6) is 0 Å². The summed E-state index contributed by atoms with van der Waals surface area (Å²) in [4.78, 5) is 0. The molecule has 1 aliphatic rings. The van der Waals surface area contributed by atoms with Gasteiger partial charge in [0.1, 0.15) is 5.82 Å². The van der Waals surface area contributed by atoms with Gasteiger partial charge in [0, 0.05) is 18.1 Å². The van der Waals surface area contributed by atoms with Crippen molar-refractivity contribution in [2.24, 2.45) is 5.41 Å². The van der Waals surface area contributed by atoms with Gasteiger partial charge in [0.25, 0.3) is 0 Å². The van der Waals surface area contributed by atoms with Crippen LogP contribution in [0.2, 0.25) is 0 Å². The van der Waals surface area contributed by atoms with Gasteiger partial charge in [-0.25, -0.2) is 4.39 Å². The normalized spacial score (nSPS) is 29.2. The average molecular weight is 279 g/mol. The summed E-state index contributed by atoms with van der Waals surface area (Å²) in [5.41, 5.74) is 1.00. The van der Waals surface area contributed by atoms with Gasteiger partial charge >= 0.3 is 0 Å². The predicted octanol–water partition coefficient (Wildman–Crippen LogP) is 3.55. The van der Waals surface area contributed by atoms with Gasteiger partial charge in [-0.05, 0) is 44.4 Å². The van der Waals surface area contributed by atoms with Gasteiger partial charge in [0.05, 0.1) is 6.10 Å². The van der Waals surface area contributed by atoms with E-state index in [1.807, 2.05) is 12.1 Å². The van der Waals surface area contributed by atoms with Crippen molar-refractivity contribution in [3.63, 3.8) is 0 Å². The van der Waals surface area contributed by atoms with E-state index in [-0.39, 0.29) is 11.2 Å². The molecule has 0 amide bonds. The van der Waals surface area contributed by atoms with Gasteiger partial charge in [0.2, 0.25) is 0 Å². The van der Waals surface area contributed by atoms with E-state index >= 15 is 0 Å². The maximum absolute atomic E-state index is 13.5. The summed E-state index contributed by atoms with van der Waals surface area (Å²) in [7, 11) is 0. The molecule has 0 aromatic heterocycles. The van der Waals surface area contributed by atoms with Crippen molar-refractivity contribution in [3.05, 3.63) is 35.6 Å². The lowest BCUT2D eigenvalue weighted by molar-refractivity contribution is -0.125. The van der Waals surface area contributed by atoms with Gasteiger partial charge in [-0.3, -0.25) is 0 Å². The van der Waals surface area contributed by atoms with E-state index in [0.29, 0.717) is 12.1 Å². The molecule has 20 heavy (non-hydrogen) atoms. The molecule has 3 unspecified atom stereocenters. The number of ether oxygens (including phenoxy) is 1. The minimum atomic E-state index is -0.103. The number of benzene rings is 1. The smallest absolute Gasteiger partial charge is 0.126 e. The van der Waals surface area contributed by atoms with Crippen LogP contribution in [0.4, 0.5) is 4.39 Å². The summed E-state index contributed by atoms with van der Waals surface area (Å²) in [5.74, 6) is -0.103. The van der Waals surface area contributed by atoms with E-state index < -0.39 is 0 Å². The van der Waals surface area contributed by atoms with Crippen LogP contribution in [0.15, 0.2) is 24.3 Å². The molecule has 1 aromatic carbocycles. The fourth-order valence-corrected chi connectivity index (χ4v) is 3.15. The Labute approximate surface area is 121 Å². The molecular weight excluding hydrogens is 253 g/mol. The second-order valence-corrected chi connectivity index (χ2v) is 5.89. The average Bonchev–Trinajstić information content (AvgIpc) is 2.46. The van der Waals surface area contributed by atoms with Crippen LogP contribution in [0.25, 0.3) is 0 Å². The van der Waals surface area contributed by atoms with Crippen LogP contribution in [0.1, 0.15) is 39.2 Å². The molecule has 1 N–H and O–H groups in total. The fraction of sp³-hybridized carbons (Fsp3) is 0.647. The second kappa shape index (κ2) is 6.68. The first-order valence-electron chi connectivity index (χ1n) is 7.70. The highest BCUT2D eigenvalue weighted by atomic mass is 19.1. The zero-order valence-corrected chi connectivity index (χ0v) is 12.8. The van der Waals surface area contributed by atoms with Crippen molar-refractivity contribution < 1.29 is 9.13 Å². The van der Waals surface area contributed by atoms with Crippen molar-refractivity contribution in [1.82, 2.24) is 5.32 Å². The quantitative estimate of drug-likeness (QED) is 0.824. The Hall–Kier alpha value is -0.930. The molecule has 0 saturated heterocycles. The molecule has 3 atom stereocenters. The first kappa shape index (κ1) is 15.5. The Balaban J connectivity index is 1.82. The monoisotopic (exact) mass is 279 g/mol. The van der Waals surface area contributed by atoms with E-state index in [9.17, 15) is 4.39 Å². The molecule has 2 nitrogen and oxygen atoms in total. The Kier molecular flexibility index (Phi) is 5.17. The van der Waals surface area contributed by atoms with Gasteiger partial charge < -0.3 is 10.1 Å². The number of rotatable bonds is 7. The van der Waals surface area contributed by atoms with Crippen molar-refractivity contribution in [2.45, 2.75) is 52.2 Å². The summed E-state index contributed by atoms with van der Waals surface area (Å²) in [6.45, 7) is 8.16. The van der Waals surface area contributed by atoms with E-state index in [2.05, 4.69) is 26.1 Å². The van der Waals surface area contributed by atoms with Crippen LogP contribution in [-0.4, -0.2) is 25.3 Å². The standard InChI is InChI=1S/C17H26FNO/c1-4-17(3)15(12-16(17)20-5-2)19-11-10-13-8-6-7-9-14(13)18/h6-9,15-16,19H,4-5,10-12H2,1-3H3. The Morgan fingerprint density at radius 3 is 2.75 bits per heavy atom. The van der Waals surface area contributed by atoms with Crippen LogP contribution in [0.3, 0.4) is 0 Å². The topological polar surface area (TPSA) is 21.3 Å². The molecule has 1 aromatic rings. The maximum Gasteiger partial charge on any atom is 0.126 e. The minimum absolute atomic E-state index is 0.103. The van der Waals surface area contributed by atoms with Crippen LogP contribution >= 0.6 is 0 Å². The Morgan fingerprint density at radius 1 is 1.35 bits per heavy atom. The van der Waals surface area contributed by atoms with E-state index in [4.69, 9.17) is 4.74 Å². The van der Waals surface area contributed by atoms with E-state index in [1.54, 1.807) is 6.07 Å². The van der Waals surface area contributed by atoms with Crippen molar-refractivity contribution in [1.29, 1.82) is 0 Å². The van der Waals surface area contributed by atoms with Crippen LogP contribution < -0.4 is 5.32 Å². The lowest BCUT2D eigenvalue weighted by atomic mass is 9.61. The third kappa shape index (κ3) is 3.04. The molecule has 112 valence electrons. The number of hydrogen-bond donors (Lipinski definition) is 1. The molecular formula is C17H26FNO. The Morgan fingerprint density at radius 2 is 2.10 bits per heavy atom. The van der Waals surface area contributed by atoms with Crippen molar-refractivity contribution in [3.8, 4) is 0 Å². The van der Waals surface area contributed by atoms with Crippen molar-refractivity contribution >= 4 is 0 Å². The van der Waals surface area contributed by atoms with Crippen molar-refractivity contribution in [2.75, 3.05) is 13.2 Å². The molecule has 3 heteroatoms. The number of nitrogens with one attached hydrogen (secondary N) is 1. The highest BCUT2D eigenvalue weighted by molar-refractivity contribution is 5.17. The molecule has 0 bridgehead atoms. The molecule has 1 fully saturated rings. The molecule has 0 spiro atoms. The second-order valence-electron chi connectivity index (χ2n) is 5.89. The van der Waals surface area contributed by atoms with Gasteiger partial charge in [-0.15, -0.1) is 0 Å². The largest absolute Gasteiger partial charge is 0.378 e. The number of halogens is 1. The summed E-state index contributed by atoms with van der Waals surface area (Å²) >= 11 is 0. The molecule has 1 saturated carbocycles. The zero-order chi connectivity index (χ0) is 14.6. The lowest BCUT2D eigenvalue weighted by Gasteiger charge is -2.53. The van der Waals surface area contributed by atoms with Gasteiger partial charge in [-0.1, -0.05) is 32.0 Å². The van der Waals surface area contributed by atoms with E-state index in [1.165, 1.54) is 6.07 Å². The fourth-order valence-electron chi connectivity index (χ4n) is 3.15. The summed E-state index contributed by atoms with van der Waals surface area (Å²) in [6, 6.07) is 7.50.